The zero-order valence-electron chi connectivity index (χ0n) is 27.0. The normalized spacial score (nSPS) is 29.2. The summed E-state index contributed by atoms with van der Waals surface area (Å²) < 4.78 is 37.6. The second kappa shape index (κ2) is 17.6. The van der Waals surface area contributed by atoms with E-state index in [1.165, 1.54) is 17.3 Å². The van der Waals surface area contributed by atoms with Crippen molar-refractivity contribution in [3.8, 4) is 0 Å². The molecule has 7 nitrogen and oxygen atoms in total. The van der Waals surface area contributed by atoms with Crippen LogP contribution in [-0.2, 0) is 45.9 Å². The molecule has 1 aliphatic carbocycles. The Morgan fingerprint density at radius 1 is 1.05 bits per heavy atom. The van der Waals surface area contributed by atoms with Crippen molar-refractivity contribution in [3.05, 3.63) is 47.5 Å². The van der Waals surface area contributed by atoms with Crippen molar-refractivity contribution >= 4 is 25.2 Å². The maximum atomic E-state index is 11.8. The maximum Gasteiger partial charge on any atom is 0.185 e. The standard InChI is InChI=1S/C34H54O7SSi/c1-25(35)42-20-17-30-29(31(23-32(30)41-43(3,4)5)40-34-14-7-9-19-38-34)16-15-28(39-33-13-6-8-18-37-33)22-26-11-10-12-27(21-26)24-36-2/h10-12,15-16,21,28-34H,6-9,13-14,17-20,22-24H2,1-5H3/b16-15+/t28-,29+,30+,31+,32-,33?,34?/m0/s1. The van der Waals surface area contributed by atoms with Crippen LogP contribution in [0, 0.1) is 11.8 Å². The Morgan fingerprint density at radius 3 is 2.42 bits per heavy atom. The summed E-state index contributed by atoms with van der Waals surface area (Å²) in [6.07, 6.45) is 12.9. The summed E-state index contributed by atoms with van der Waals surface area (Å²) in [7, 11) is -0.0834. The summed E-state index contributed by atoms with van der Waals surface area (Å²) in [5.74, 6) is 1.17. The van der Waals surface area contributed by atoms with Crippen LogP contribution in [0.1, 0.15) is 69.4 Å². The molecule has 242 valence electrons. The van der Waals surface area contributed by atoms with Gasteiger partial charge in [-0.1, -0.05) is 48.2 Å². The monoisotopic (exact) mass is 634 g/mol. The van der Waals surface area contributed by atoms with E-state index in [9.17, 15) is 4.79 Å². The molecule has 2 saturated heterocycles. The first kappa shape index (κ1) is 34.8. The topological polar surface area (TPSA) is 72.5 Å². The molecule has 7 atom stereocenters. The number of thioether (sulfide) groups is 1. The number of carbonyl (C=O) groups excluding carboxylic acids is 1. The maximum absolute atomic E-state index is 11.8. The van der Waals surface area contributed by atoms with Gasteiger partial charge >= 0.3 is 0 Å². The average molecular weight is 635 g/mol. The van der Waals surface area contributed by atoms with Crippen molar-refractivity contribution in [2.24, 2.45) is 11.8 Å². The first-order chi connectivity index (χ1) is 20.7. The molecule has 2 unspecified atom stereocenters. The summed E-state index contributed by atoms with van der Waals surface area (Å²) in [5.41, 5.74) is 2.37. The van der Waals surface area contributed by atoms with E-state index in [2.05, 4.69) is 56.1 Å². The molecule has 1 aromatic carbocycles. The summed E-state index contributed by atoms with van der Waals surface area (Å²) in [5, 5.41) is 0.160. The van der Waals surface area contributed by atoms with E-state index in [-0.39, 0.29) is 47.8 Å². The highest BCUT2D eigenvalue weighted by atomic mass is 32.2. The van der Waals surface area contributed by atoms with Crippen molar-refractivity contribution in [2.45, 2.75) is 122 Å². The van der Waals surface area contributed by atoms with Crippen LogP contribution in [0.25, 0.3) is 0 Å². The van der Waals surface area contributed by atoms with Gasteiger partial charge in [0.15, 0.2) is 26.0 Å². The van der Waals surface area contributed by atoms with E-state index in [1.54, 1.807) is 14.0 Å². The lowest BCUT2D eigenvalue weighted by Crippen LogP contribution is -2.35. The number of rotatable bonds is 15. The third-order valence-corrected chi connectivity index (χ3v) is 10.2. The van der Waals surface area contributed by atoms with E-state index >= 15 is 0 Å². The van der Waals surface area contributed by atoms with Gasteiger partial charge in [0.05, 0.1) is 24.9 Å². The van der Waals surface area contributed by atoms with Crippen LogP contribution >= 0.6 is 11.8 Å². The smallest absolute Gasteiger partial charge is 0.185 e. The Bertz CT molecular complexity index is 1000. The molecule has 1 saturated carbocycles. The third kappa shape index (κ3) is 12.0. The molecule has 3 fully saturated rings. The van der Waals surface area contributed by atoms with E-state index in [1.807, 2.05) is 0 Å². The van der Waals surface area contributed by atoms with Gasteiger partial charge in [0.2, 0.25) is 0 Å². The Morgan fingerprint density at radius 2 is 1.77 bits per heavy atom. The first-order valence-electron chi connectivity index (χ1n) is 16.3. The second-order valence-electron chi connectivity index (χ2n) is 13.2. The summed E-state index contributed by atoms with van der Waals surface area (Å²) >= 11 is 1.41. The molecule has 4 rings (SSSR count). The third-order valence-electron chi connectivity index (χ3n) is 8.34. The number of methoxy groups -OCH3 is 1. The van der Waals surface area contributed by atoms with Gasteiger partial charge in [0.25, 0.3) is 0 Å². The van der Waals surface area contributed by atoms with Gasteiger partial charge in [-0.15, -0.1) is 0 Å². The predicted molar refractivity (Wildman–Crippen MR) is 174 cm³/mol. The fraction of sp³-hybridized carbons (Fsp3) is 0.735. The van der Waals surface area contributed by atoms with E-state index < -0.39 is 8.32 Å². The molecule has 0 bridgehead atoms. The summed E-state index contributed by atoms with van der Waals surface area (Å²) in [6, 6.07) is 8.55. The van der Waals surface area contributed by atoms with Gasteiger partial charge in [0.1, 0.15) is 0 Å². The second-order valence-corrected chi connectivity index (χ2v) is 18.9. The predicted octanol–water partition coefficient (Wildman–Crippen LogP) is 7.28. The van der Waals surface area contributed by atoms with Gasteiger partial charge in [-0.25, -0.2) is 0 Å². The van der Waals surface area contributed by atoms with Crippen molar-refractivity contribution in [1.29, 1.82) is 0 Å². The van der Waals surface area contributed by atoms with Gasteiger partial charge in [-0.3, -0.25) is 4.79 Å². The van der Waals surface area contributed by atoms with E-state index in [4.69, 9.17) is 28.1 Å². The molecule has 2 aliphatic heterocycles. The van der Waals surface area contributed by atoms with E-state index in [0.717, 1.165) is 82.3 Å². The van der Waals surface area contributed by atoms with Gasteiger partial charge in [-0.2, -0.15) is 0 Å². The largest absolute Gasteiger partial charge is 0.414 e. The van der Waals surface area contributed by atoms with Gasteiger partial charge < -0.3 is 28.1 Å². The van der Waals surface area contributed by atoms with E-state index in [0.29, 0.717) is 6.61 Å². The molecule has 9 heteroatoms. The molecular formula is C34H54O7SSi. The Labute approximate surface area is 264 Å². The highest BCUT2D eigenvalue weighted by molar-refractivity contribution is 8.13. The quantitative estimate of drug-likeness (QED) is 0.147. The van der Waals surface area contributed by atoms with Crippen LogP contribution in [0.15, 0.2) is 36.4 Å². The van der Waals surface area contributed by atoms with Gasteiger partial charge in [-0.05, 0) is 88.1 Å². The minimum absolute atomic E-state index is 0.00959. The fourth-order valence-electron chi connectivity index (χ4n) is 6.49. The Hall–Kier alpha value is -1.04. The highest BCUT2D eigenvalue weighted by Gasteiger charge is 2.45. The molecule has 1 aromatic rings. The van der Waals surface area contributed by atoms with Crippen LogP contribution in [-0.4, -0.2) is 70.4 Å². The minimum atomic E-state index is -1.81. The number of hydrogen-bond donors (Lipinski definition) is 0. The lowest BCUT2D eigenvalue weighted by Gasteiger charge is -2.31. The molecule has 43 heavy (non-hydrogen) atoms. The van der Waals surface area contributed by atoms with Crippen molar-refractivity contribution in [3.63, 3.8) is 0 Å². The molecule has 0 spiro atoms. The molecule has 2 heterocycles. The average Bonchev–Trinajstić information content (AvgIpc) is 3.26. The lowest BCUT2D eigenvalue weighted by atomic mass is 9.90. The lowest BCUT2D eigenvalue weighted by molar-refractivity contribution is -0.193. The van der Waals surface area contributed by atoms with Crippen molar-refractivity contribution in [1.82, 2.24) is 0 Å². The van der Waals surface area contributed by atoms with Crippen LogP contribution in [0.3, 0.4) is 0 Å². The minimum Gasteiger partial charge on any atom is -0.414 e. The number of hydrogen-bond acceptors (Lipinski definition) is 8. The number of ether oxygens (including phenoxy) is 5. The van der Waals surface area contributed by atoms with Crippen LogP contribution in [0.5, 0.6) is 0 Å². The Balaban J connectivity index is 1.59. The zero-order valence-corrected chi connectivity index (χ0v) is 28.8. The van der Waals surface area contributed by atoms with Crippen LogP contribution in [0.2, 0.25) is 19.6 Å². The Kier molecular flexibility index (Phi) is 14.3. The van der Waals surface area contributed by atoms with Crippen molar-refractivity contribution < 1.29 is 32.9 Å². The highest BCUT2D eigenvalue weighted by Crippen LogP contribution is 2.42. The van der Waals surface area contributed by atoms with Crippen LogP contribution in [0.4, 0.5) is 0 Å². The van der Waals surface area contributed by atoms with Gasteiger partial charge in [0, 0.05) is 45.3 Å². The molecule has 3 aliphatic rings. The van der Waals surface area contributed by atoms with Crippen LogP contribution < -0.4 is 0 Å². The molecular weight excluding hydrogens is 581 g/mol. The number of benzene rings is 1. The zero-order chi connectivity index (χ0) is 30.7. The fourth-order valence-corrected chi connectivity index (χ4v) is 8.35. The molecule has 0 radical (unpaired) electrons. The SMILES string of the molecule is COCc1cccc(C[C@H](/C=C/[C@@H]2[C@@H](CCSC(C)=O)[C@@H](O[Si](C)(C)C)C[C@H]2OC2CCCCO2)OC2CCCCO2)c1. The summed E-state index contributed by atoms with van der Waals surface area (Å²) in [4.78, 5) is 11.8. The molecule has 0 aromatic heterocycles. The molecule has 0 N–H and O–H groups in total. The van der Waals surface area contributed by atoms with Crippen molar-refractivity contribution in [2.75, 3.05) is 26.1 Å². The number of carbonyl (C=O) groups is 1. The first-order valence-corrected chi connectivity index (χ1v) is 20.7. The molecule has 0 amide bonds. The summed E-state index contributed by atoms with van der Waals surface area (Å²) in [6.45, 7) is 10.5.